The average Bonchev–Trinajstić information content (AvgIpc) is 3.77. The minimum Gasteiger partial charge on any atom is -0.493 e. The third-order valence-corrected chi connectivity index (χ3v) is 11.8. The van der Waals surface area contributed by atoms with Crippen molar-refractivity contribution >= 4 is 64.9 Å². The number of anilines is 1. The number of hydrogen-bond acceptors (Lipinski definition) is 8. The van der Waals surface area contributed by atoms with Crippen molar-refractivity contribution in [1.82, 2.24) is 20.0 Å². The van der Waals surface area contributed by atoms with Crippen molar-refractivity contribution in [3.05, 3.63) is 128 Å². The van der Waals surface area contributed by atoms with Crippen molar-refractivity contribution in [3.8, 4) is 5.75 Å². The number of halogens is 2. The molecule has 1 saturated heterocycles. The fraction of sp³-hybridized carbons (Fsp3) is 0.348. The predicted molar refractivity (Wildman–Crippen MR) is 232 cm³/mol. The van der Waals surface area contributed by atoms with Crippen molar-refractivity contribution in [2.24, 2.45) is 4.99 Å². The zero-order valence-corrected chi connectivity index (χ0v) is 35.4. The van der Waals surface area contributed by atoms with Crippen LogP contribution in [-0.2, 0) is 16.0 Å². The Kier molecular flexibility index (Phi) is 13.2. The maximum absolute atomic E-state index is 15.3. The van der Waals surface area contributed by atoms with Crippen LogP contribution in [0.2, 0.25) is 10.0 Å². The molecule has 12 nitrogen and oxygen atoms in total. The molecule has 3 aliphatic rings. The van der Waals surface area contributed by atoms with Gasteiger partial charge in [0, 0.05) is 36.2 Å². The fourth-order valence-electron chi connectivity index (χ4n) is 8.35. The molecular weight excluding hydrogens is 803 g/mol. The van der Waals surface area contributed by atoms with Crippen LogP contribution in [0, 0.1) is 0 Å². The number of amides is 6. The van der Waals surface area contributed by atoms with Crippen molar-refractivity contribution in [3.63, 3.8) is 0 Å². The van der Waals surface area contributed by atoms with Crippen LogP contribution in [0.25, 0.3) is 0 Å². The Morgan fingerprint density at radius 1 is 0.850 bits per heavy atom. The van der Waals surface area contributed by atoms with Crippen LogP contribution in [0.4, 0.5) is 10.5 Å². The minimum atomic E-state index is -1.13. The molecule has 14 heteroatoms. The van der Waals surface area contributed by atoms with Crippen molar-refractivity contribution in [1.29, 1.82) is 0 Å². The lowest BCUT2D eigenvalue weighted by Gasteiger charge is -2.40. The number of aryl methyl sites for hydroxylation is 1. The molecule has 60 heavy (non-hydrogen) atoms. The topological polar surface area (TPSA) is 132 Å². The maximum Gasteiger partial charge on any atom is 0.326 e. The van der Waals surface area contributed by atoms with Gasteiger partial charge in [0.25, 0.3) is 11.8 Å². The van der Waals surface area contributed by atoms with Gasteiger partial charge in [-0.1, -0.05) is 86.3 Å². The summed E-state index contributed by atoms with van der Waals surface area (Å²) in [6.45, 7) is 7.66. The number of nitrogens with one attached hydrogen (secondary N) is 1. The Hall–Kier alpha value is -5.72. The molecular formula is C46H48Cl2N6O6. The number of benzene rings is 4. The molecule has 6 amide bonds. The molecule has 7 rings (SSSR count). The summed E-state index contributed by atoms with van der Waals surface area (Å²) in [7, 11) is 0. The van der Waals surface area contributed by atoms with Gasteiger partial charge < -0.3 is 14.5 Å². The molecule has 0 aromatic heterocycles. The molecule has 0 saturated carbocycles. The standard InChI is InChI=1S/C46H48Cl2N6O6/c1-4-7-10-29-13-22-34(38(27-29)60-6-3)42-50-40(30-14-18-32(47)19-15-30)41(31-16-20-33(48)21-17-31)54(42)46(59)52-25-23-51(24-26-52)36-12-8-11-35-39(36)45(58)53(44(35)57)37(9-5-2)43(56)49-28-55/h8,11-22,27-28,37,40-41H,4-7,9-10,23-26H2,1-3H3,(H,49,55,56). The molecule has 0 bridgehead atoms. The number of aliphatic imine (C=N–C) groups is 1. The van der Waals surface area contributed by atoms with Gasteiger partial charge in [0.2, 0.25) is 12.3 Å². The molecule has 1 N–H and O–H groups in total. The molecule has 3 heterocycles. The van der Waals surface area contributed by atoms with E-state index in [-0.39, 0.29) is 30.0 Å². The van der Waals surface area contributed by atoms with Crippen LogP contribution >= 0.6 is 23.2 Å². The van der Waals surface area contributed by atoms with Gasteiger partial charge in [0.05, 0.1) is 35.0 Å². The summed E-state index contributed by atoms with van der Waals surface area (Å²) in [6, 6.07) is 23.8. The quantitative estimate of drug-likeness (QED) is 0.0999. The highest BCUT2D eigenvalue weighted by Gasteiger charge is 2.47. The van der Waals surface area contributed by atoms with E-state index in [9.17, 15) is 19.2 Å². The Morgan fingerprint density at radius 3 is 2.17 bits per heavy atom. The highest BCUT2D eigenvalue weighted by atomic mass is 35.5. The molecule has 0 spiro atoms. The maximum atomic E-state index is 15.3. The zero-order chi connectivity index (χ0) is 42.5. The number of ether oxygens (including phenoxy) is 1. The van der Waals surface area contributed by atoms with Gasteiger partial charge >= 0.3 is 6.03 Å². The molecule has 312 valence electrons. The summed E-state index contributed by atoms with van der Waals surface area (Å²) in [5.74, 6) is -0.755. The number of rotatable bonds is 14. The number of imide groups is 2. The van der Waals surface area contributed by atoms with Crippen molar-refractivity contribution in [2.75, 3.05) is 37.7 Å². The number of amidine groups is 1. The second kappa shape index (κ2) is 18.7. The van der Waals surface area contributed by atoms with Crippen LogP contribution in [0.1, 0.15) is 102 Å². The second-order valence-corrected chi connectivity index (χ2v) is 15.9. The number of carbonyl (C=O) groups excluding carboxylic acids is 5. The molecule has 3 aliphatic heterocycles. The number of nitrogens with zero attached hydrogens (tertiary/aromatic N) is 5. The number of unbranched alkanes of at least 4 members (excludes halogenated alkanes) is 1. The first-order valence-corrected chi connectivity index (χ1v) is 21.3. The SMILES string of the molecule is CCCCc1ccc(C2=NC(c3ccc(Cl)cc3)C(c3ccc(Cl)cc3)N2C(=O)N2CCN(c3cccc4c3C(=O)N(C(CCC)C(=O)NC=O)C4=O)CC2)c(OCC)c1. The van der Waals surface area contributed by atoms with E-state index in [4.69, 9.17) is 32.9 Å². The number of fused-ring (bicyclic) bond motifs is 1. The van der Waals surface area contributed by atoms with Gasteiger partial charge in [-0.3, -0.25) is 39.3 Å². The Morgan fingerprint density at radius 2 is 1.53 bits per heavy atom. The fourth-order valence-corrected chi connectivity index (χ4v) is 8.60. The molecule has 1 fully saturated rings. The lowest BCUT2D eigenvalue weighted by atomic mass is 9.93. The first-order chi connectivity index (χ1) is 29.1. The second-order valence-electron chi connectivity index (χ2n) is 15.1. The lowest BCUT2D eigenvalue weighted by molar-refractivity contribution is -0.128. The third kappa shape index (κ3) is 8.35. The van der Waals surface area contributed by atoms with E-state index in [2.05, 4.69) is 24.4 Å². The molecule has 3 atom stereocenters. The van der Waals surface area contributed by atoms with Crippen LogP contribution in [0.3, 0.4) is 0 Å². The highest BCUT2D eigenvalue weighted by molar-refractivity contribution is 6.31. The minimum absolute atomic E-state index is 0.193. The number of urea groups is 1. The highest BCUT2D eigenvalue weighted by Crippen LogP contribution is 2.46. The normalized spacial score (nSPS) is 18.1. The summed E-state index contributed by atoms with van der Waals surface area (Å²) in [6.07, 6.45) is 3.95. The monoisotopic (exact) mass is 850 g/mol. The smallest absolute Gasteiger partial charge is 0.326 e. The van der Waals surface area contributed by atoms with Gasteiger partial charge in [0.15, 0.2) is 0 Å². The lowest BCUT2D eigenvalue weighted by Crippen LogP contribution is -2.54. The third-order valence-electron chi connectivity index (χ3n) is 11.3. The van der Waals surface area contributed by atoms with Gasteiger partial charge in [-0.15, -0.1) is 0 Å². The van der Waals surface area contributed by atoms with Gasteiger partial charge in [-0.05, 0) is 91.4 Å². The molecule has 4 aromatic rings. The van der Waals surface area contributed by atoms with E-state index >= 15 is 4.79 Å². The Balaban J connectivity index is 1.23. The van der Waals surface area contributed by atoms with Gasteiger partial charge in [-0.25, -0.2) is 4.79 Å². The summed E-state index contributed by atoms with van der Waals surface area (Å²) < 4.78 is 6.27. The van der Waals surface area contributed by atoms with Gasteiger partial charge in [0.1, 0.15) is 23.7 Å². The largest absolute Gasteiger partial charge is 0.493 e. The van der Waals surface area contributed by atoms with Crippen molar-refractivity contribution in [2.45, 2.75) is 71.0 Å². The van der Waals surface area contributed by atoms with Crippen LogP contribution in [0.5, 0.6) is 5.75 Å². The average molecular weight is 852 g/mol. The molecule has 0 aliphatic carbocycles. The summed E-state index contributed by atoms with van der Waals surface area (Å²) in [5, 5.41) is 3.26. The molecule has 4 aromatic carbocycles. The van der Waals surface area contributed by atoms with E-state index in [1.165, 1.54) is 0 Å². The van der Waals surface area contributed by atoms with E-state index < -0.39 is 35.8 Å². The zero-order valence-electron chi connectivity index (χ0n) is 33.9. The van der Waals surface area contributed by atoms with E-state index in [1.54, 1.807) is 28.0 Å². The Labute approximate surface area is 360 Å². The first-order valence-electron chi connectivity index (χ1n) is 20.5. The number of hydrogen-bond donors (Lipinski definition) is 1. The van der Waals surface area contributed by atoms with E-state index in [0.717, 1.165) is 40.9 Å². The van der Waals surface area contributed by atoms with E-state index in [0.29, 0.717) is 72.1 Å². The number of piperazine rings is 1. The van der Waals surface area contributed by atoms with Gasteiger partial charge in [-0.2, -0.15) is 0 Å². The van der Waals surface area contributed by atoms with E-state index in [1.807, 2.05) is 73.3 Å². The summed E-state index contributed by atoms with van der Waals surface area (Å²) >= 11 is 12.7. The summed E-state index contributed by atoms with van der Waals surface area (Å²) in [5.41, 5.74) is 4.51. The number of carbonyl (C=O) groups is 5. The summed E-state index contributed by atoms with van der Waals surface area (Å²) in [4.78, 5) is 78.8. The predicted octanol–water partition coefficient (Wildman–Crippen LogP) is 8.26. The molecule has 3 unspecified atom stereocenters. The van der Waals surface area contributed by atoms with Crippen LogP contribution in [0.15, 0.2) is 89.9 Å². The van der Waals surface area contributed by atoms with Crippen LogP contribution < -0.4 is 15.0 Å². The molecule has 0 radical (unpaired) electrons. The first kappa shape index (κ1) is 42.4. The Bertz CT molecular complexity index is 2290. The van der Waals surface area contributed by atoms with Crippen LogP contribution in [-0.4, -0.2) is 89.5 Å². The van der Waals surface area contributed by atoms with Crippen molar-refractivity contribution < 1.29 is 28.7 Å².